The number of methoxy groups -OCH3 is 2. The Kier molecular flexibility index (Phi) is 4.97. The summed E-state index contributed by atoms with van der Waals surface area (Å²) in [5.74, 6) is -0.245. The Labute approximate surface area is 121 Å². The molecule has 6 nitrogen and oxygen atoms in total. The van der Waals surface area contributed by atoms with Crippen molar-refractivity contribution in [2.75, 3.05) is 27.8 Å². The lowest BCUT2D eigenvalue weighted by molar-refractivity contribution is 0.0480. The maximum absolute atomic E-state index is 11.3. The minimum atomic E-state index is -1.06. The first-order chi connectivity index (χ1) is 10.2. The Morgan fingerprint density at radius 1 is 1.05 bits per heavy atom. The molecule has 21 heavy (non-hydrogen) atoms. The monoisotopic (exact) mass is 292 g/mol. The second kappa shape index (κ2) is 6.92. The van der Waals surface area contributed by atoms with Gasteiger partial charge in [-0.2, -0.15) is 0 Å². The number of fused-ring (bicyclic) bond motifs is 1. The van der Waals surface area contributed by atoms with E-state index in [9.17, 15) is 9.90 Å². The van der Waals surface area contributed by atoms with E-state index in [4.69, 9.17) is 18.9 Å². The highest BCUT2D eigenvalue weighted by Crippen LogP contribution is 2.32. The maximum Gasteiger partial charge on any atom is 0.339 e. The van der Waals surface area contributed by atoms with Crippen LogP contribution in [0.4, 0.5) is 0 Å². The lowest BCUT2D eigenvalue weighted by Crippen LogP contribution is -2.06. The van der Waals surface area contributed by atoms with Crippen LogP contribution < -0.4 is 9.47 Å². The van der Waals surface area contributed by atoms with E-state index in [2.05, 4.69) is 0 Å². The summed E-state index contributed by atoms with van der Waals surface area (Å²) in [6.07, 6.45) is 0. The van der Waals surface area contributed by atoms with Gasteiger partial charge in [0.15, 0.2) is 13.6 Å². The van der Waals surface area contributed by atoms with Crippen LogP contribution in [0.3, 0.4) is 0 Å². The third-order valence-electron chi connectivity index (χ3n) is 2.84. The van der Waals surface area contributed by atoms with Crippen molar-refractivity contribution in [3.05, 3.63) is 35.9 Å². The standard InChI is InChI=1S/C15H16O6/c1-18-8-20-13-5-3-4-10-6-12(15(16)17)14(7-11(10)13)21-9-19-2/h3-7H,8-9H2,1-2H3,(H,16,17). The molecule has 0 saturated heterocycles. The summed E-state index contributed by atoms with van der Waals surface area (Å²) in [4.78, 5) is 11.3. The van der Waals surface area contributed by atoms with Gasteiger partial charge < -0.3 is 24.1 Å². The summed E-state index contributed by atoms with van der Waals surface area (Å²) >= 11 is 0. The Balaban J connectivity index is 2.52. The second-order valence-corrected chi connectivity index (χ2v) is 4.23. The molecule has 112 valence electrons. The zero-order chi connectivity index (χ0) is 15.2. The number of hydrogen-bond acceptors (Lipinski definition) is 5. The summed E-state index contributed by atoms with van der Waals surface area (Å²) < 4.78 is 20.5. The number of ether oxygens (including phenoxy) is 4. The highest BCUT2D eigenvalue weighted by molar-refractivity contribution is 5.99. The van der Waals surface area contributed by atoms with Gasteiger partial charge >= 0.3 is 5.97 Å². The van der Waals surface area contributed by atoms with Crippen molar-refractivity contribution >= 4 is 16.7 Å². The normalized spacial score (nSPS) is 10.6. The van der Waals surface area contributed by atoms with Crippen molar-refractivity contribution in [2.45, 2.75) is 0 Å². The van der Waals surface area contributed by atoms with Gasteiger partial charge in [0.05, 0.1) is 0 Å². The first-order valence-corrected chi connectivity index (χ1v) is 6.21. The Morgan fingerprint density at radius 2 is 1.71 bits per heavy atom. The highest BCUT2D eigenvalue weighted by Gasteiger charge is 2.15. The van der Waals surface area contributed by atoms with E-state index in [1.807, 2.05) is 6.07 Å². The molecule has 0 aliphatic rings. The van der Waals surface area contributed by atoms with Crippen molar-refractivity contribution in [2.24, 2.45) is 0 Å². The van der Waals surface area contributed by atoms with Gasteiger partial charge in [-0.25, -0.2) is 4.79 Å². The van der Waals surface area contributed by atoms with Crippen LogP contribution in [0.2, 0.25) is 0 Å². The fourth-order valence-electron chi connectivity index (χ4n) is 1.93. The van der Waals surface area contributed by atoms with Crippen LogP contribution >= 0.6 is 0 Å². The van der Waals surface area contributed by atoms with Gasteiger partial charge in [0.2, 0.25) is 0 Å². The molecule has 0 unspecified atom stereocenters. The molecule has 1 N–H and O–H groups in total. The van der Waals surface area contributed by atoms with Gasteiger partial charge in [0, 0.05) is 19.6 Å². The molecule has 0 saturated carbocycles. The molecule has 2 aromatic rings. The molecule has 0 aliphatic carbocycles. The van der Waals surface area contributed by atoms with Gasteiger partial charge in [0.1, 0.15) is 17.1 Å². The molecule has 2 aromatic carbocycles. The van der Waals surface area contributed by atoms with E-state index >= 15 is 0 Å². The molecular formula is C15H16O6. The lowest BCUT2D eigenvalue weighted by atomic mass is 10.0. The number of carbonyl (C=O) groups is 1. The molecule has 0 aromatic heterocycles. The first kappa shape index (κ1) is 15.1. The van der Waals surface area contributed by atoms with E-state index in [0.717, 1.165) is 10.8 Å². The van der Waals surface area contributed by atoms with Crippen LogP contribution in [0.15, 0.2) is 30.3 Å². The van der Waals surface area contributed by atoms with Gasteiger partial charge in [-0.15, -0.1) is 0 Å². The first-order valence-electron chi connectivity index (χ1n) is 6.21. The molecule has 0 amide bonds. The summed E-state index contributed by atoms with van der Waals surface area (Å²) in [6, 6.07) is 8.54. The molecule has 0 spiro atoms. The third-order valence-corrected chi connectivity index (χ3v) is 2.84. The van der Waals surface area contributed by atoms with Gasteiger partial charge in [-0.1, -0.05) is 12.1 Å². The number of rotatable bonds is 7. The minimum absolute atomic E-state index is 0.0348. The Morgan fingerprint density at radius 3 is 2.33 bits per heavy atom. The zero-order valence-corrected chi connectivity index (χ0v) is 11.8. The molecule has 0 fully saturated rings. The Hall–Kier alpha value is -2.31. The topological polar surface area (TPSA) is 74.2 Å². The average molecular weight is 292 g/mol. The summed E-state index contributed by atoms with van der Waals surface area (Å²) in [7, 11) is 3.00. The van der Waals surface area contributed by atoms with Crippen LogP contribution in [0.25, 0.3) is 10.8 Å². The molecule has 0 bridgehead atoms. The molecule has 0 heterocycles. The quantitative estimate of drug-likeness (QED) is 0.790. The fraction of sp³-hybridized carbons (Fsp3) is 0.267. The maximum atomic E-state index is 11.3. The third kappa shape index (κ3) is 3.42. The predicted molar refractivity (Wildman–Crippen MR) is 75.9 cm³/mol. The number of hydrogen-bond donors (Lipinski definition) is 1. The van der Waals surface area contributed by atoms with Crippen molar-refractivity contribution in [3.63, 3.8) is 0 Å². The number of carboxylic acids is 1. The van der Waals surface area contributed by atoms with E-state index < -0.39 is 5.97 Å². The van der Waals surface area contributed by atoms with Gasteiger partial charge in [-0.05, 0) is 23.6 Å². The van der Waals surface area contributed by atoms with Crippen LogP contribution in [0.1, 0.15) is 10.4 Å². The highest BCUT2D eigenvalue weighted by atomic mass is 16.7. The molecule has 0 atom stereocenters. The lowest BCUT2D eigenvalue weighted by Gasteiger charge is -2.12. The van der Waals surface area contributed by atoms with Crippen molar-refractivity contribution in [1.29, 1.82) is 0 Å². The smallest absolute Gasteiger partial charge is 0.339 e. The predicted octanol–water partition coefficient (Wildman–Crippen LogP) is 2.50. The second-order valence-electron chi connectivity index (χ2n) is 4.23. The van der Waals surface area contributed by atoms with Gasteiger partial charge in [-0.3, -0.25) is 0 Å². The summed E-state index contributed by atoms with van der Waals surface area (Å²) in [6.45, 7) is 0.0704. The van der Waals surface area contributed by atoms with Crippen LogP contribution in [0, 0.1) is 0 Å². The molecule has 6 heteroatoms. The van der Waals surface area contributed by atoms with Crippen molar-refractivity contribution in [1.82, 2.24) is 0 Å². The Bertz CT molecular complexity index is 637. The summed E-state index contributed by atoms with van der Waals surface area (Å²) in [5, 5.41) is 10.7. The average Bonchev–Trinajstić information content (AvgIpc) is 2.49. The zero-order valence-electron chi connectivity index (χ0n) is 11.8. The molecule has 0 aliphatic heterocycles. The largest absolute Gasteiger partial charge is 0.478 e. The van der Waals surface area contributed by atoms with E-state index in [1.165, 1.54) is 14.2 Å². The van der Waals surface area contributed by atoms with Gasteiger partial charge in [0.25, 0.3) is 0 Å². The van der Waals surface area contributed by atoms with Crippen LogP contribution in [-0.2, 0) is 9.47 Å². The molecular weight excluding hydrogens is 276 g/mol. The summed E-state index contributed by atoms with van der Waals surface area (Å²) in [5.41, 5.74) is 0.0726. The van der Waals surface area contributed by atoms with Crippen LogP contribution in [0.5, 0.6) is 11.5 Å². The number of carboxylic acid groups (broad SMARTS) is 1. The van der Waals surface area contributed by atoms with E-state index in [0.29, 0.717) is 5.75 Å². The number of aromatic carboxylic acids is 1. The molecule has 0 radical (unpaired) electrons. The van der Waals surface area contributed by atoms with Crippen molar-refractivity contribution < 1.29 is 28.8 Å². The van der Waals surface area contributed by atoms with E-state index in [-0.39, 0.29) is 24.9 Å². The fourth-order valence-corrected chi connectivity index (χ4v) is 1.93. The van der Waals surface area contributed by atoms with Crippen molar-refractivity contribution in [3.8, 4) is 11.5 Å². The molecule has 2 rings (SSSR count). The SMILES string of the molecule is COCOc1cc2c(OCOC)cccc2cc1C(=O)O. The van der Waals surface area contributed by atoms with E-state index in [1.54, 1.807) is 24.3 Å². The van der Waals surface area contributed by atoms with Crippen LogP contribution in [-0.4, -0.2) is 38.9 Å². The number of benzene rings is 2. The minimum Gasteiger partial charge on any atom is -0.478 e.